The summed E-state index contributed by atoms with van der Waals surface area (Å²) < 4.78 is 43.9. The summed E-state index contributed by atoms with van der Waals surface area (Å²) in [7, 11) is -2.55. The van der Waals surface area contributed by atoms with Crippen molar-refractivity contribution in [3.8, 4) is 0 Å². The van der Waals surface area contributed by atoms with Gasteiger partial charge in [-0.05, 0) is 18.2 Å². The van der Waals surface area contributed by atoms with E-state index in [1.807, 2.05) is 0 Å². The number of carbonyl (C=O) groups is 1. The molecular weight excluding hydrogens is 341 g/mol. The first-order valence-electron chi connectivity index (χ1n) is 6.01. The monoisotopic (exact) mass is 353 g/mol. The SMILES string of the molecule is COC(=O)[C@H]1CN(S(=O)(=O)c2ccc(F)c(Cl)c2)CCS1. The van der Waals surface area contributed by atoms with Crippen molar-refractivity contribution in [1.29, 1.82) is 0 Å². The summed E-state index contributed by atoms with van der Waals surface area (Å²) in [5.74, 6) is -0.664. The Morgan fingerprint density at radius 2 is 2.24 bits per heavy atom. The summed E-state index contributed by atoms with van der Waals surface area (Å²) in [6.07, 6.45) is 0. The highest BCUT2D eigenvalue weighted by molar-refractivity contribution is 8.00. The lowest BCUT2D eigenvalue weighted by atomic mass is 10.3. The molecular formula is C12H13ClFNO4S2. The Morgan fingerprint density at radius 1 is 1.52 bits per heavy atom. The van der Waals surface area contributed by atoms with E-state index < -0.39 is 27.1 Å². The second-order valence-corrected chi connectivity index (χ2v) is 7.98. The van der Waals surface area contributed by atoms with Crippen LogP contribution in [-0.2, 0) is 19.6 Å². The summed E-state index contributed by atoms with van der Waals surface area (Å²) in [4.78, 5) is 11.4. The third-order valence-electron chi connectivity index (χ3n) is 3.02. The van der Waals surface area contributed by atoms with Gasteiger partial charge in [0.1, 0.15) is 11.1 Å². The van der Waals surface area contributed by atoms with Crippen LogP contribution >= 0.6 is 23.4 Å². The number of hydrogen-bond donors (Lipinski definition) is 0. The number of thioether (sulfide) groups is 1. The second kappa shape index (κ2) is 6.51. The van der Waals surface area contributed by atoms with Gasteiger partial charge in [0, 0.05) is 18.8 Å². The molecule has 1 aliphatic heterocycles. The van der Waals surface area contributed by atoms with Crippen molar-refractivity contribution in [2.24, 2.45) is 0 Å². The number of carbonyl (C=O) groups excluding carboxylic acids is 1. The predicted octanol–water partition coefficient (Wildman–Crippen LogP) is 1.76. The molecule has 0 aromatic heterocycles. The van der Waals surface area contributed by atoms with E-state index in [1.165, 1.54) is 23.2 Å². The average molecular weight is 354 g/mol. The maximum atomic E-state index is 13.1. The van der Waals surface area contributed by atoms with Gasteiger partial charge in [-0.1, -0.05) is 11.6 Å². The minimum atomic E-state index is -3.81. The number of benzene rings is 1. The zero-order valence-electron chi connectivity index (χ0n) is 11.1. The molecule has 0 saturated carbocycles. The number of halogens is 2. The van der Waals surface area contributed by atoms with Gasteiger partial charge in [0.25, 0.3) is 0 Å². The Kier molecular flexibility index (Phi) is 5.13. The van der Waals surface area contributed by atoms with E-state index in [0.29, 0.717) is 5.75 Å². The molecule has 5 nitrogen and oxygen atoms in total. The van der Waals surface area contributed by atoms with Gasteiger partial charge in [0.05, 0.1) is 17.0 Å². The summed E-state index contributed by atoms with van der Waals surface area (Å²) in [6.45, 7) is 0.296. The highest BCUT2D eigenvalue weighted by Crippen LogP contribution is 2.27. The lowest BCUT2D eigenvalue weighted by Gasteiger charge is -2.30. The zero-order chi connectivity index (χ0) is 15.6. The van der Waals surface area contributed by atoms with Gasteiger partial charge in [-0.15, -0.1) is 11.8 Å². The number of methoxy groups -OCH3 is 1. The van der Waals surface area contributed by atoms with E-state index >= 15 is 0 Å². The largest absolute Gasteiger partial charge is 0.468 e. The number of ether oxygens (including phenoxy) is 1. The molecule has 0 unspecified atom stereocenters. The van der Waals surface area contributed by atoms with Crippen molar-refractivity contribution in [1.82, 2.24) is 4.31 Å². The first-order chi connectivity index (χ1) is 9.86. The van der Waals surface area contributed by atoms with E-state index in [1.54, 1.807) is 0 Å². The van der Waals surface area contributed by atoms with Gasteiger partial charge in [-0.2, -0.15) is 4.31 Å². The first-order valence-corrected chi connectivity index (χ1v) is 8.87. The van der Waals surface area contributed by atoms with Crippen LogP contribution in [0.1, 0.15) is 0 Å². The molecule has 9 heteroatoms. The smallest absolute Gasteiger partial charge is 0.320 e. The van der Waals surface area contributed by atoms with Crippen LogP contribution in [0.2, 0.25) is 5.02 Å². The Hall–Kier alpha value is -0.830. The molecule has 116 valence electrons. The third-order valence-corrected chi connectivity index (χ3v) is 6.34. The van der Waals surface area contributed by atoms with Crippen LogP contribution in [0.3, 0.4) is 0 Å². The van der Waals surface area contributed by atoms with Gasteiger partial charge >= 0.3 is 5.97 Å². The molecule has 1 saturated heterocycles. The van der Waals surface area contributed by atoms with Crippen LogP contribution in [0.5, 0.6) is 0 Å². The highest BCUT2D eigenvalue weighted by atomic mass is 35.5. The van der Waals surface area contributed by atoms with E-state index in [2.05, 4.69) is 4.74 Å². The standard InChI is InChI=1S/C12H13ClFNO4S2/c1-19-12(16)11-7-15(4-5-20-11)21(17,18)8-2-3-10(14)9(13)6-8/h2-3,6,11H,4-5,7H2,1H3/t11-/m1/s1. The molecule has 0 spiro atoms. The molecule has 1 aromatic rings. The third kappa shape index (κ3) is 3.50. The van der Waals surface area contributed by atoms with E-state index in [-0.39, 0.29) is 23.0 Å². The van der Waals surface area contributed by atoms with Crippen molar-refractivity contribution >= 4 is 39.4 Å². The van der Waals surface area contributed by atoms with Crippen molar-refractivity contribution in [3.05, 3.63) is 29.0 Å². The lowest BCUT2D eigenvalue weighted by molar-refractivity contribution is -0.140. The Balaban J connectivity index is 2.26. The van der Waals surface area contributed by atoms with Crippen LogP contribution in [-0.4, -0.2) is 49.9 Å². The van der Waals surface area contributed by atoms with Crippen LogP contribution < -0.4 is 0 Å². The van der Waals surface area contributed by atoms with Crippen molar-refractivity contribution in [2.75, 3.05) is 26.0 Å². The molecule has 0 aliphatic carbocycles. The molecule has 1 aromatic carbocycles. The quantitative estimate of drug-likeness (QED) is 0.775. The predicted molar refractivity (Wildman–Crippen MR) is 78.4 cm³/mol. The molecule has 0 bridgehead atoms. The number of nitrogens with zero attached hydrogens (tertiary/aromatic N) is 1. The molecule has 0 amide bonds. The van der Waals surface area contributed by atoms with Gasteiger partial charge in [-0.25, -0.2) is 12.8 Å². The van der Waals surface area contributed by atoms with Crippen LogP contribution in [0.4, 0.5) is 4.39 Å². The van der Waals surface area contributed by atoms with Gasteiger partial charge in [0.2, 0.25) is 10.0 Å². The number of sulfonamides is 1. The summed E-state index contributed by atoms with van der Waals surface area (Å²) in [5, 5.41) is -0.818. The fourth-order valence-electron chi connectivity index (χ4n) is 1.90. The molecule has 21 heavy (non-hydrogen) atoms. The normalized spacial score (nSPS) is 20.2. The van der Waals surface area contributed by atoms with Gasteiger partial charge in [0.15, 0.2) is 0 Å². The Morgan fingerprint density at radius 3 is 2.86 bits per heavy atom. The molecule has 0 N–H and O–H groups in total. The molecule has 1 fully saturated rings. The minimum absolute atomic E-state index is 0.0225. The minimum Gasteiger partial charge on any atom is -0.468 e. The maximum absolute atomic E-state index is 13.1. The van der Waals surface area contributed by atoms with Crippen LogP contribution in [0.15, 0.2) is 23.1 Å². The number of esters is 1. The zero-order valence-corrected chi connectivity index (χ0v) is 13.5. The summed E-state index contributed by atoms with van der Waals surface area (Å²) in [6, 6.07) is 3.23. The fourth-order valence-corrected chi connectivity index (χ4v) is 4.97. The van der Waals surface area contributed by atoms with E-state index in [9.17, 15) is 17.6 Å². The maximum Gasteiger partial charge on any atom is 0.320 e. The summed E-state index contributed by atoms with van der Waals surface area (Å²) >= 11 is 6.97. The van der Waals surface area contributed by atoms with Gasteiger partial charge < -0.3 is 4.74 Å². The molecule has 0 radical (unpaired) electrons. The van der Waals surface area contributed by atoms with Crippen molar-refractivity contribution in [3.63, 3.8) is 0 Å². The van der Waals surface area contributed by atoms with Crippen LogP contribution in [0.25, 0.3) is 0 Å². The second-order valence-electron chi connectivity index (χ2n) is 4.32. The Bertz CT molecular complexity index is 653. The first kappa shape index (κ1) is 16.5. The van der Waals surface area contributed by atoms with Crippen LogP contribution in [0, 0.1) is 5.82 Å². The van der Waals surface area contributed by atoms with Gasteiger partial charge in [-0.3, -0.25) is 4.79 Å². The fraction of sp³-hybridized carbons (Fsp3) is 0.417. The lowest BCUT2D eigenvalue weighted by Crippen LogP contribution is -2.44. The molecule has 1 aliphatic rings. The van der Waals surface area contributed by atoms with Crippen molar-refractivity contribution < 1.29 is 22.3 Å². The number of hydrogen-bond acceptors (Lipinski definition) is 5. The summed E-state index contributed by atoms with van der Waals surface area (Å²) in [5.41, 5.74) is 0. The topological polar surface area (TPSA) is 63.7 Å². The highest BCUT2D eigenvalue weighted by Gasteiger charge is 2.34. The van der Waals surface area contributed by atoms with Crippen molar-refractivity contribution in [2.45, 2.75) is 10.1 Å². The molecule has 2 rings (SSSR count). The number of rotatable bonds is 3. The molecule has 1 heterocycles. The average Bonchev–Trinajstić information content (AvgIpc) is 2.49. The van der Waals surface area contributed by atoms with E-state index in [0.717, 1.165) is 18.2 Å². The van der Waals surface area contributed by atoms with E-state index in [4.69, 9.17) is 11.6 Å². The Labute approximate surface area is 131 Å². The molecule has 1 atom stereocenters.